The maximum Gasteiger partial charge on any atom is 0.319 e. The first kappa shape index (κ1) is 26.4. The third kappa shape index (κ3) is 4.80. The van der Waals surface area contributed by atoms with Crippen LogP contribution in [0.5, 0.6) is 5.75 Å². The van der Waals surface area contributed by atoms with Crippen LogP contribution in [0.4, 0.5) is 0 Å². The van der Waals surface area contributed by atoms with E-state index in [4.69, 9.17) is 14.2 Å². The number of hydrogen-bond acceptors (Lipinski definition) is 6. The van der Waals surface area contributed by atoms with Crippen molar-refractivity contribution >= 4 is 11.8 Å². The van der Waals surface area contributed by atoms with Crippen LogP contribution in [0.15, 0.2) is 36.4 Å². The van der Waals surface area contributed by atoms with Gasteiger partial charge in [-0.2, -0.15) is 0 Å². The molecule has 6 heteroatoms. The average molecular weight is 473 g/mol. The highest BCUT2D eigenvalue weighted by molar-refractivity contribution is 6.02. The molecule has 0 saturated heterocycles. The van der Waals surface area contributed by atoms with Gasteiger partial charge in [-0.3, -0.25) is 9.59 Å². The molecule has 1 saturated carbocycles. The molecule has 1 aliphatic heterocycles. The summed E-state index contributed by atoms with van der Waals surface area (Å²) in [5.74, 6) is -1.36. The minimum atomic E-state index is -1.04. The molecular formula is C28H40O6. The van der Waals surface area contributed by atoms with Crippen LogP contribution in [0, 0.1) is 29.1 Å². The van der Waals surface area contributed by atoms with Crippen LogP contribution in [0.2, 0.25) is 0 Å². The predicted octanol–water partition coefficient (Wildman–Crippen LogP) is 5.25. The molecule has 0 aromatic heterocycles. The summed E-state index contributed by atoms with van der Waals surface area (Å²) in [6.45, 7) is 10.3. The number of phenols is 1. The zero-order chi connectivity index (χ0) is 25.3. The summed E-state index contributed by atoms with van der Waals surface area (Å²) in [6.07, 6.45) is 5.97. The van der Waals surface area contributed by atoms with Crippen molar-refractivity contribution in [2.75, 3.05) is 14.2 Å². The van der Waals surface area contributed by atoms with Crippen molar-refractivity contribution in [1.82, 2.24) is 0 Å². The molecular weight excluding hydrogens is 432 g/mol. The van der Waals surface area contributed by atoms with Gasteiger partial charge in [-0.25, -0.2) is 0 Å². The summed E-state index contributed by atoms with van der Waals surface area (Å²) in [7, 11) is 3.01. The Kier molecular flexibility index (Phi) is 7.93. The summed E-state index contributed by atoms with van der Waals surface area (Å²) in [5, 5.41) is 9.84. The second-order valence-corrected chi connectivity index (χ2v) is 10.8. The quantitative estimate of drug-likeness (QED) is 0.332. The zero-order valence-electron chi connectivity index (χ0n) is 21.5. The van der Waals surface area contributed by atoms with Crippen LogP contribution >= 0.6 is 0 Å². The van der Waals surface area contributed by atoms with Crippen molar-refractivity contribution in [3.63, 3.8) is 0 Å². The topological polar surface area (TPSA) is 82.1 Å². The molecule has 0 radical (unpaired) electrons. The number of carbonyl (C=O) groups excluding carboxylic acids is 2. The van der Waals surface area contributed by atoms with Crippen molar-refractivity contribution in [1.29, 1.82) is 0 Å². The molecule has 3 rings (SSSR count). The Balaban J connectivity index is 1.85. The van der Waals surface area contributed by atoms with E-state index in [0.717, 1.165) is 18.4 Å². The summed E-state index contributed by atoms with van der Waals surface area (Å²) >= 11 is 0. The Morgan fingerprint density at radius 1 is 1.24 bits per heavy atom. The van der Waals surface area contributed by atoms with E-state index < -0.39 is 22.9 Å². The van der Waals surface area contributed by atoms with E-state index in [2.05, 4.69) is 33.8 Å². The number of aromatic hydroxyl groups is 1. The molecule has 6 nitrogen and oxygen atoms in total. The minimum Gasteiger partial charge on any atom is -0.508 e. The van der Waals surface area contributed by atoms with Gasteiger partial charge in [-0.05, 0) is 48.3 Å². The highest BCUT2D eigenvalue weighted by Gasteiger charge is 2.63. The van der Waals surface area contributed by atoms with Gasteiger partial charge in [0.2, 0.25) is 0 Å². The molecule has 2 aliphatic rings. The molecule has 1 aliphatic carbocycles. The number of ketones is 1. The number of esters is 1. The third-order valence-corrected chi connectivity index (χ3v) is 7.98. The predicted molar refractivity (Wildman–Crippen MR) is 130 cm³/mol. The number of ether oxygens (including phenoxy) is 3. The first-order chi connectivity index (χ1) is 16.0. The molecule has 188 valence electrons. The van der Waals surface area contributed by atoms with Crippen LogP contribution in [0.25, 0.3) is 0 Å². The maximum atomic E-state index is 13.2. The van der Waals surface area contributed by atoms with Gasteiger partial charge < -0.3 is 19.3 Å². The maximum absolute atomic E-state index is 13.2. The lowest BCUT2D eigenvalue weighted by Gasteiger charge is -2.56. The van der Waals surface area contributed by atoms with E-state index in [1.54, 1.807) is 19.2 Å². The summed E-state index contributed by atoms with van der Waals surface area (Å²) in [5.41, 5.74) is -0.534. The first-order valence-corrected chi connectivity index (χ1v) is 12.3. The molecule has 0 unspecified atom stereocenters. The zero-order valence-corrected chi connectivity index (χ0v) is 21.5. The number of rotatable bonds is 7. The van der Waals surface area contributed by atoms with E-state index >= 15 is 0 Å². The number of benzene rings is 1. The van der Waals surface area contributed by atoms with Crippen LogP contribution in [0.3, 0.4) is 0 Å². The second-order valence-electron chi connectivity index (χ2n) is 10.8. The molecule has 1 aromatic rings. The van der Waals surface area contributed by atoms with Crippen LogP contribution in [-0.2, 0) is 23.8 Å². The number of carbonyl (C=O) groups is 2. The molecule has 0 amide bonds. The standard InChI is InChI=1S/C28H40O6/c1-17(11-12-22(32-6)20-9-8-10-21(29)15-20)25-18(2)13-14-28(34-25)23(26(31)33-7)24(30)19(3)16-27(28,4)5/h8-10,13-15,17-19,22-23,25,29H,11-12,16H2,1-7H3/t17-,18-,19+,22-,23-,25+,28-/m0/s1. The lowest BCUT2D eigenvalue weighted by Crippen LogP contribution is -2.65. The molecule has 1 N–H and O–H groups in total. The minimum absolute atomic E-state index is 0.111. The van der Waals surface area contributed by atoms with Crippen LogP contribution in [0.1, 0.15) is 65.5 Å². The Bertz CT molecular complexity index is 921. The Hall–Kier alpha value is -2.18. The lowest BCUT2D eigenvalue weighted by atomic mass is 9.55. The van der Waals surface area contributed by atoms with Crippen molar-refractivity contribution in [2.45, 2.75) is 71.7 Å². The van der Waals surface area contributed by atoms with E-state index in [1.165, 1.54) is 7.11 Å². The van der Waals surface area contributed by atoms with Gasteiger partial charge in [-0.1, -0.05) is 58.9 Å². The van der Waals surface area contributed by atoms with E-state index in [9.17, 15) is 14.7 Å². The molecule has 1 spiro atoms. The van der Waals surface area contributed by atoms with Crippen LogP contribution in [-0.4, -0.2) is 42.8 Å². The number of methoxy groups -OCH3 is 2. The molecule has 1 aromatic carbocycles. The van der Waals surface area contributed by atoms with Gasteiger partial charge in [0.15, 0.2) is 5.78 Å². The summed E-state index contributed by atoms with van der Waals surface area (Å²) in [4.78, 5) is 26.1. The van der Waals surface area contributed by atoms with E-state index in [1.807, 2.05) is 25.1 Å². The third-order valence-electron chi connectivity index (χ3n) is 7.98. The van der Waals surface area contributed by atoms with Crippen molar-refractivity contribution in [3.8, 4) is 5.75 Å². The molecule has 1 fully saturated rings. The number of hydrogen-bond donors (Lipinski definition) is 1. The van der Waals surface area contributed by atoms with Gasteiger partial charge in [0.05, 0.1) is 19.3 Å². The van der Waals surface area contributed by atoms with Gasteiger partial charge in [0.1, 0.15) is 17.3 Å². The van der Waals surface area contributed by atoms with Gasteiger partial charge in [0.25, 0.3) is 0 Å². The molecule has 7 atom stereocenters. The Morgan fingerprint density at radius 3 is 2.56 bits per heavy atom. The van der Waals surface area contributed by atoms with Gasteiger partial charge >= 0.3 is 5.97 Å². The SMILES string of the molecule is COC(=O)[C@@H]1C(=O)[C@H](C)CC(C)(C)[C@]12C=C[C@H](C)[C@@H]([C@@H](C)CC[C@H](OC)c1cccc(O)c1)O2. The Labute approximate surface area is 203 Å². The molecule has 1 heterocycles. The Morgan fingerprint density at radius 2 is 1.94 bits per heavy atom. The second kappa shape index (κ2) is 10.2. The molecule has 34 heavy (non-hydrogen) atoms. The first-order valence-electron chi connectivity index (χ1n) is 12.3. The van der Waals surface area contributed by atoms with Crippen LogP contribution < -0.4 is 0 Å². The number of phenolic OH excluding ortho intramolecular Hbond substituents is 1. The van der Waals surface area contributed by atoms with E-state index in [0.29, 0.717) is 6.42 Å². The van der Waals surface area contributed by atoms with Gasteiger partial charge in [0, 0.05) is 18.9 Å². The fourth-order valence-electron chi connectivity index (χ4n) is 6.01. The fourth-order valence-corrected chi connectivity index (χ4v) is 6.01. The molecule has 0 bridgehead atoms. The van der Waals surface area contributed by atoms with Crippen molar-refractivity contribution < 1.29 is 28.9 Å². The normalized spacial score (nSPS) is 32.4. The highest BCUT2D eigenvalue weighted by Crippen LogP contribution is 2.54. The van der Waals surface area contributed by atoms with E-state index in [-0.39, 0.29) is 41.5 Å². The van der Waals surface area contributed by atoms with Crippen molar-refractivity contribution in [3.05, 3.63) is 42.0 Å². The summed E-state index contributed by atoms with van der Waals surface area (Å²) in [6, 6.07) is 7.15. The fraction of sp³-hybridized carbons (Fsp3) is 0.643. The monoisotopic (exact) mass is 472 g/mol. The van der Waals surface area contributed by atoms with Crippen molar-refractivity contribution in [2.24, 2.45) is 29.1 Å². The van der Waals surface area contributed by atoms with Gasteiger partial charge in [-0.15, -0.1) is 0 Å². The lowest BCUT2D eigenvalue weighted by molar-refractivity contribution is -0.215. The smallest absolute Gasteiger partial charge is 0.319 e. The largest absolute Gasteiger partial charge is 0.508 e. The number of Topliss-reactive ketones (excluding diaryl/α,β-unsaturated/α-hetero) is 1. The summed E-state index contributed by atoms with van der Waals surface area (Å²) < 4.78 is 17.7. The highest BCUT2D eigenvalue weighted by atomic mass is 16.5. The average Bonchev–Trinajstić information content (AvgIpc) is 2.79.